The summed E-state index contributed by atoms with van der Waals surface area (Å²) in [6.07, 6.45) is 13.5. The second-order valence-electron chi connectivity index (χ2n) is 7.94. The highest BCUT2D eigenvalue weighted by atomic mass is 16.5. The second kappa shape index (κ2) is 9.32. The summed E-state index contributed by atoms with van der Waals surface area (Å²) in [6, 6.07) is 6.65. The summed E-state index contributed by atoms with van der Waals surface area (Å²) in [5.41, 5.74) is 3.55. The number of fused-ring (bicyclic) bond motifs is 1. The van der Waals surface area contributed by atoms with Crippen LogP contribution in [0.3, 0.4) is 0 Å². The summed E-state index contributed by atoms with van der Waals surface area (Å²) in [6.45, 7) is 2.32. The van der Waals surface area contributed by atoms with Gasteiger partial charge in [-0.15, -0.1) is 0 Å². The lowest BCUT2D eigenvalue weighted by Gasteiger charge is -2.27. The smallest absolute Gasteiger partial charge is 0.335 e. The normalized spacial score (nSPS) is 16.1. The van der Waals surface area contributed by atoms with Gasteiger partial charge in [0.2, 0.25) is 0 Å². The molecule has 0 atom stereocenters. The minimum Gasteiger partial charge on any atom is -0.478 e. The van der Waals surface area contributed by atoms with E-state index in [9.17, 15) is 14.7 Å². The third-order valence-electron chi connectivity index (χ3n) is 5.71. The predicted octanol–water partition coefficient (Wildman–Crippen LogP) is 3.14. The van der Waals surface area contributed by atoms with Crippen LogP contribution in [0.25, 0.3) is 16.9 Å². The van der Waals surface area contributed by atoms with Crippen molar-refractivity contribution in [3.8, 4) is 11.3 Å². The molecule has 1 aromatic carbocycles. The van der Waals surface area contributed by atoms with Crippen LogP contribution >= 0.6 is 0 Å². The highest BCUT2D eigenvalue weighted by Crippen LogP contribution is 2.25. The van der Waals surface area contributed by atoms with Gasteiger partial charge in [-0.2, -0.15) is 0 Å². The number of nitrogens with zero attached hydrogens (tertiary/aromatic N) is 4. The Bertz CT molecular complexity index is 1350. The number of allylic oxidation sites excluding steroid dienone is 3. The summed E-state index contributed by atoms with van der Waals surface area (Å²) >= 11 is 0. The van der Waals surface area contributed by atoms with E-state index in [-0.39, 0.29) is 11.5 Å². The molecule has 2 N–H and O–H groups in total. The van der Waals surface area contributed by atoms with E-state index < -0.39 is 5.97 Å². The molecule has 0 spiro atoms. The van der Waals surface area contributed by atoms with Gasteiger partial charge in [-0.05, 0) is 30.7 Å². The maximum Gasteiger partial charge on any atom is 0.335 e. The third kappa shape index (κ3) is 4.46. The number of imidazole rings is 1. The molecule has 1 amide bonds. The van der Waals surface area contributed by atoms with Gasteiger partial charge in [0, 0.05) is 48.5 Å². The molecule has 0 saturated carbocycles. The zero-order valence-electron chi connectivity index (χ0n) is 18.3. The van der Waals surface area contributed by atoms with Gasteiger partial charge in [0.05, 0.1) is 24.5 Å². The number of nitrogens with one attached hydrogen (secondary N) is 1. The van der Waals surface area contributed by atoms with E-state index in [1.165, 1.54) is 0 Å². The van der Waals surface area contributed by atoms with E-state index >= 15 is 0 Å². The third-order valence-corrected chi connectivity index (χ3v) is 5.71. The number of anilines is 1. The molecule has 0 unspecified atom stereocenters. The van der Waals surface area contributed by atoms with Crippen LogP contribution in [0.5, 0.6) is 0 Å². The number of carbonyl (C=O) groups is 2. The van der Waals surface area contributed by atoms with Crippen molar-refractivity contribution in [1.29, 1.82) is 0 Å². The standard InChI is InChI=1S/C25H23N5O4/c31-24(29-11-13-34-14-12-29)17-3-2-6-20(8-7-17)27-22-23-26-9-10-30(23)16-21(28-22)18-4-1-5-19(15-18)25(32)33/h1,3-10,15-16H,2,11-14H2,(H,27,28)(H,32,33). The summed E-state index contributed by atoms with van der Waals surface area (Å²) < 4.78 is 7.18. The zero-order valence-corrected chi connectivity index (χ0v) is 18.3. The summed E-state index contributed by atoms with van der Waals surface area (Å²) in [5.74, 6) is -0.460. The molecular weight excluding hydrogens is 434 g/mol. The number of ether oxygens (including phenoxy) is 1. The number of morpholine rings is 1. The van der Waals surface area contributed by atoms with Crippen LogP contribution in [-0.4, -0.2) is 62.6 Å². The van der Waals surface area contributed by atoms with E-state index in [2.05, 4.69) is 10.3 Å². The summed E-state index contributed by atoms with van der Waals surface area (Å²) in [5, 5.41) is 12.7. The first-order chi connectivity index (χ1) is 16.6. The summed E-state index contributed by atoms with van der Waals surface area (Å²) in [7, 11) is 0. The van der Waals surface area contributed by atoms with E-state index in [0.717, 1.165) is 5.70 Å². The molecule has 1 saturated heterocycles. The Morgan fingerprint density at radius 3 is 2.79 bits per heavy atom. The van der Waals surface area contributed by atoms with Gasteiger partial charge in [0.15, 0.2) is 11.5 Å². The maximum absolute atomic E-state index is 12.8. The first-order valence-electron chi connectivity index (χ1n) is 11.0. The number of aromatic carboxylic acids is 1. The van der Waals surface area contributed by atoms with Crippen LogP contribution in [0.15, 0.2) is 78.4 Å². The minimum atomic E-state index is -0.993. The highest BCUT2D eigenvalue weighted by Gasteiger charge is 2.20. The van der Waals surface area contributed by atoms with Crippen molar-refractivity contribution in [2.45, 2.75) is 6.42 Å². The molecule has 3 aromatic rings. The number of benzene rings is 1. The number of hydrogen-bond donors (Lipinski definition) is 2. The topological polar surface area (TPSA) is 109 Å². The molecular formula is C25H23N5O4. The average molecular weight is 457 g/mol. The van der Waals surface area contributed by atoms with Crippen LogP contribution in [0.1, 0.15) is 16.8 Å². The van der Waals surface area contributed by atoms with Crippen LogP contribution in [0.2, 0.25) is 0 Å². The fourth-order valence-corrected chi connectivity index (χ4v) is 3.93. The fourth-order valence-electron chi connectivity index (χ4n) is 3.93. The number of amides is 1. The molecule has 172 valence electrons. The number of hydrogen-bond acceptors (Lipinski definition) is 6. The number of carbonyl (C=O) groups excluding carboxylic acids is 1. The predicted molar refractivity (Wildman–Crippen MR) is 126 cm³/mol. The Kier molecular flexibility index (Phi) is 5.92. The fraction of sp³-hybridized carbons (Fsp3) is 0.200. The van der Waals surface area contributed by atoms with E-state index in [1.54, 1.807) is 24.4 Å². The lowest BCUT2D eigenvalue weighted by molar-refractivity contribution is -0.130. The van der Waals surface area contributed by atoms with Crippen LogP contribution in [-0.2, 0) is 9.53 Å². The molecule has 1 aliphatic heterocycles. The van der Waals surface area contributed by atoms with Gasteiger partial charge >= 0.3 is 5.97 Å². The van der Waals surface area contributed by atoms with E-state index in [4.69, 9.17) is 9.72 Å². The molecule has 9 heteroatoms. The summed E-state index contributed by atoms with van der Waals surface area (Å²) in [4.78, 5) is 35.2. The second-order valence-corrected chi connectivity index (χ2v) is 7.94. The molecule has 0 radical (unpaired) electrons. The molecule has 1 aliphatic carbocycles. The van der Waals surface area contributed by atoms with Crippen molar-refractivity contribution < 1.29 is 19.4 Å². The largest absolute Gasteiger partial charge is 0.478 e. The molecule has 0 bridgehead atoms. The number of carboxylic acid groups (broad SMARTS) is 1. The Morgan fingerprint density at radius 1 is 1.12 bits per heavy atom. The SMILES string of the molecule is O=C(O)c1cccc(-c2cn3ccnc3c(NC3=CCC=C(C(=O)N4CCOCC4)C=C3)n2)c1. The van der Waals surface area contributed by atoms with Crippen molar-refractivity contribution in [2.75, 3.05) is 31.6 Å². The minimum absolute atomic E-state index is 0.00304. The van der Waals surface area contributed by atoms with Gasteiger partial charge in [-0.3, -0.25) is 4.79 Å². The number of rotatable bonds is 5. The lowest BCUT2D eigenvalue weighted by Crippen LogP contribution is -2.41. The van der Waals surface area contributed by atoms with Crippen molar-refractivity contribution in [1.82, 2.24) is 19.3 Å². The van der Waals surface area contributed by atoms with E-state index in [1.807, 2.05) is 52.1 Å². The van der Waals surface area contributed by atoms with Gasteiger partial charge in [-0.1, -0.05) is 24.3 Å². The zero-order chi connectivity index (χ0) is 23.5. The molecule has 1 fully saturated rings. The Hall–Kier alpha value is -4.24. The molecule has 2 aromatic heterocycles. The van der Waals surface area contributed by atoms with E-state index in [0.29, 0.717) is 61.0 Å². The van der Waals surface area contributed by atoms with Crippen molar-refractivity contribution >= 4 is 23.3 Å². The number of carboxylic acids is 1. The quantitative estimate of drug-likeness (QED) is 0.606. The van der Waals surface area contributed by atoms with Crippen LogP contribution < -0.4 is 5.32 Å². The van der Waals surface area contributed by atoms with Crippen LogP contribution in [0, 0.1) is 0 Å². The van der Waals surface area contributed by atoms with Gasteiger partial charge in [0.25, 0.3) is 5.91 Å². The Labute approximate surface area is 195 Å². The number of aromatic nitrogens is 3. The van der Waals surface area contributed by atoms with Gasteiger partial charge < -0.3 is 24.5 Å². The maximum atomic E-state index is 12.8. The lowest BCUT2D eigenvalue weighted by atomic mass is 10.1. The molecule has 9 nitrogen and oxygen atoms in total. The van der Waals surface area contributed by atoms with Crippen LogP contribution in [0.4, 0.5) is 5.82 Å². The first kappa shape index (κ1) is 21.6. The molecule has 3 heterocycles. The van der Waals surface area contributed by atoms with Gasteiger partial charge in [-0.25, -0.2) is 14.8 Å². The average Bonchev–Trinajstić information content (AvgIpc) is 3.23. The highest BCUT2D eigenvalue weighted by molar-refractivity contribution is 5.96. The Balaban J connectivity index is 1.40. The van der Waals surface area contributed by atoms with Crippen molar-refractivity contribution in [3.63, 3.8) is 0 Å². The van der Waals surface area contributed by atoms with Gasteiger partial charge in [0.1, 0.15) is 0 Å². The van der Waals surface area contributed by atoms with Crippen molar-refractivity contribution in [2.24, 2.45) is 0 Å². The monoisotopic (exact) mass is 457 g/mol. The van der Waals surface area contributed by atoms with Crippen molar-refractivity contribution in [3.05, 3.63) is 84.0 Å². The first-order valence-corrected chi connectivity index (χ1v) is 11.0. The molecule has 34 heavy (non-hydrogen) atoms. The Morgan fingerprint density at radius 2 is 1.97 bits per heavy atom. The molecule has 5 rings (SSSR count). The molecule has 2 aliphatic rings.